The normalized spacial score (nSPS) is 12.6. The summed E-state index contributed by atoms with van der Waals surface area (Å²) in [5.41, 5.74) is -0.604. The van der Waals surface area contributed by atoms with Crippen LogP contribution in [-0.4, -0.2) is 29.6 Å². The number of rotatable bonds is 7. The van der Waals surface area contributed by atoms with Gasteiger partial charge in [-0.1, -0.05) is 51.1 Å². The quantitative estimate of drug-likeness (QED) is 0.785. The van der Waals surface area contributed by atoms with Gasteiger partial charge >= 0.3 is 5.97 Å². The van der Waals surface area contributed by atoms with Crippen LogP contribution >= 0.6 is 0 Å². The van der Waals surface area contributed by atoms with Crippen LogP contribution in [0.4, 0.5) is 0 Å². The molecule has 1 aromatic carbocycles. The second-order valence-corrected chi connectivity index (χ2v) is 4.55. The lowest BCUT2D eigenvalue weighted by atomic mass is 9.86. The van der Waals surface area contributed by atoms with Crippen LogP contribution < -0.4 is 0 Å². The van der Waals surface area contributed by atoms with Crippen molar-refractivity contribution < 1.29 is 19.4 Å². The molecule has 1 N–H and O–H groups in total. The first kappa shape index (κ1) is 19.3. The zero-order valence-electron chi connectivity index (χ0n) is 13.4. The number of Topliss-reactive ketones (excluding diaryl/α,β-unsaturated/α-hetero) is 1. The fourth-order valence-electron chi connectivity index (χ4n) is 1.96. The summed E-state index contributed by atoms with van der Waals surface area (Å²) in [6.07, 6.45) is 0.671. The van der Waals surface area contributed by atoms with Crippen molar-refractivity contribution in [3.63, 3.8) is 0 Å². The van der Waals surface area contributed by atoms with Gasteiger partial charge in [-0.05, 0) is 18.4 Å². The molecular formula is C17H26O4. The van der Waals surface area contributed by atoms with E-state index in [1.54, 1.807) is 6.92 Å². The minimum Gasteiger partial charge on any atom is -0.469 e. The second-order valence-electron chi connectivity index (χ2n) is 4.55. The Morgan fingerprint density at radius 3 is 2.24 bits per heavy atom. The van der Waals surface area contributed by atoms with Gasteiger partial charge in [-0.25, -0.2) is 0 Å². The maximum atomic E-state index is 11.8. The van der Waals surface area contributed by atoms with Crippen molar-refractivity contribution >= 4 is 11.8 Å². The highest BCUT2D eigenvalue weighted by atomic mass is 16.5. The molecule has 0 fully saturated rings. The number of esters is 1. The molecule has 1 rings (SSSR count). The number of benzene rings is 1. The average molecular weight is 294 g/mol. The van der Waals surface area contributed by atoms with Gasteiger partial charge < -0.3 is 9.84 Å². The lowest BCUT2D eigenvalue weighted by Gasteiger charge is -2.25. The third-order valence-corrected chi connectivity index (χ3v) is 3.17. The summed E-state index contributed by atoms with van der Waals surface area (Å²) in [5, 5.41) is 10.4. The molecule has 1 aromatic rings. The van der Waals surface area contributed by atoms with Gasteiger partial charge in [0.15, 0.2) is 5.78 Å². The lowest BCUT2D eigenvalue weighted by molar-refractivity contribution is -0.153. The summed E-state index contributed by atoms with van der Waals surface area (Å²) in [4.78, 5) is 23.2. The number of aryl methyl sites for hydroxylation is 1. The van der Waals surface area contributed by atoms with E-state index in [0.717, 1.165) is 5.56 Å². The van der Waals surface area contributed by atoms with Gasteiger partial charge in [0.2, 0.25) is 0 Å². The predicted octanol–water partition coefficient (Wildman–Crippen LogP) is 2.92. The average Bonchev–Trinajstić information content (AvgIpc) is 2.54. The van der Waals surface area contributed by atoms with Crippen molar-refractivity contribution in [1.29, 1.82) is 0 Å². The van der Waals surface area contributed by atoms with Crippen molar-refractivity contribution in [1.82, 2.24) is 0 Å². The standard InChI is InChI=1S/C15H20O4.C2H6/c1-3-13(16)15(18,11-14(17)19-2)10-9-12-7-5-4-6-8-12;1-2/h4-8,18H,3,9-11H2,1-2H3;1-2H3. The van der Waals surface area contributed by atoms with E-state index in [2.05, 4.69) is 4.74 Å². The Morgan fingerprint density at radius 1 is 1.19 bits per heavy atom. The molecule has 0 heterocycles. The van der Waals surface area contributed by atoms with Crippen LogP contribution in [0.1, 0.15) is 45.6 Å². The number of aliphatic hydroxyl groups is 1. The molecule has 1 atom stereocenters. The molecule has 4 heteroatoms. The molecule has 1 unspecified atom stereocenters. The summed E-state index contributed by atoms with van der Waals surface area (Å²) in [5.74, 6) is -0.897. The molecule has 4 nitrogen and oxygen atoms in total. The van der Waals surface area contributed by atoms with Crippen LogP contribution in [0, 0.1) is 0 Å². The van der Waals surface area contributed by atoms with Gasteiger partial charge in [-0.15, -0.1) is 0 Å². The third kappa shape index (κ3) is 6.54. The number of hydrogen-bond donors (Lipinski definition) is 1. The molecule has 0 aliphatic rings. The SMILES string of the molecule is CC.CCC(=O)C(O)(CCc1ccccc1)CC(=O)OC. The second kappa shape index (κ2) is 10.1. The maximum Gasteiger partial charge on any atom is 0.308 e. The predicted molar refractivity (Wildman–Crippen MR) is 83.0 cm³/mol. The highest BCUT2D eigenvalue weighted by Crippen LogP contribution is 2.22. The van der Waals surface area contributed by atoms with Gasteiger partial charge in [0.1, 0.15) is 5.60 Å². The number of carbonyl (C=O) groups is 2. The Balaban J connectivity index is 0.00000191. The molecule has 0 aromatic heterocycles. The number of hydrogen-bond acceptors (Lipinski definition) is 4. The van der Waals surface area contributed by atoms with E-state index in [1.165, 1.54) is 7.11 Å². The molecule has 21 heavy (non-hydrogen) atoms. The number of ketones is 1. The summed E-state index contributed by atoms with van der Waals surface area (Å²) in [7, 11) is 1.25. The van der Waals surface area contributed by atoms with Gasteiger partial charge in [0, 0.05) is 6.42 Å². The summed E-state index contributed by atoms with van der Waals surface area (Å²) < 4.78 is 4.54. The Labute approximate surface area is 127 Å². The van der Waals surface area contributed by atoms with Crippen LogP contribution in [0.5, 0.6) is 0 Å². The Kier molecular flexibility index (Phi) is 9.30. The minimum atomic E-state index is -1.63. The first-order valence-electron chi connectivity index (χ1n) is 7.38. The van der Waals surface area contributed by atoms with E-state index >= 15 is 0 Å². The Morgan fingerprint density at radius 2 is 1.76 bits per heavy atom. The van der Waals surface area contributed by atoms with Crippen molar-refractivity contribution in [2.24, 2.45) is 0 Å². The minimum absolute atomic E-state index is 0.197. The first-order chi connectivity index (χ1) is 10.0. The van der Waals surface area contributed by atoms with Crippen LogP contribution in [0.15, 0.2) is 30.3 Å². The van der Waals surface area contributed by atoms with E-state index < -0.39 is 11.6 Å². The van der Waals surface area contributed by atoms with Crippen molar-refractivity contribution in [2.75, 3.05) is 7.11 Å². The van der Waals surface area contributed by atoms with Gasteiger partial charge in [0.25, 0.3) is 0 Å². The largest absolute Gasteiger partial charge is 0.469 e. The highest BCUT2D eigenvalue weighted by Gasteiger charge is 2.36. The molecule has 118 valence electrons. The van der Waals surface area contributed by atoms with Crippen LogP contribution in [0.2, 0.25) is 0 Å². The van der Waals surface area contributed by atoms with E-state index in [9.17, 15) is 14.7 Å². The Bertz CT molecular complexity index is 428. The molecule has 0 saturated heterocycles. The molecule has 0 bridgehead atoms. The van der Waals surface area contributed by atoms with Crippen LogP contribution in [0.3, 0.4) is 0 Å². The topological polar surface area (TPSA) is 63.6 Å². The summed E-state index contributed by atoms with van der Waals surface area (Å²) in [6.45, 7) is 5.67. The van der Waals surface area contributed by atoms with E-state index in [-0.39, 0.29) is 25.0 Å². The van der Waals surface area contributed by atoms with E-state index in [1.807, 2.05) is 44.2 Å². The lowest BCUT2D eigenvalue weighted by Crippen LogP contribution is -2.41. The van der Waals surface area contributed by atoms with Crippen molar-refractivity contribution in [3.05, 3.63) is 35.9 Å². The Hall–Kier alpha value is -1.68. The van der Waals surface area contributed by atoms with Crippen LogP contribution in [0.25, 0.3) is 0 Å². The highest BCUT2D eigenvalue weighted by molar-refractivity contribution is 5.90. The molecule has 0 aliphatic carbocycles. The molecular weight excluding hydrogens is 268 g/mol. The third-order valence-electron chi connectivity index (χ3n) is 3.17. The summed E-state index contributed by atoms with van der Waals surface area (Å²) >= 11 is 0. The zero-order chi connectivity index (χ0) is 16.3. The number of carbonyl (C=O) groups excluding carboxylic acids is 2. The maximum absolute atomic E-state index is 11.8. The van der Waals surface area contributed by atoms with Gasteiger partial charge in [-0.2, -0.15) is 0 Å². The van der Waals surface area contributed by atoms with Gasteiger partial charge in [-0.3, -0.25) is 9.59 Å². The van der Waals surface area contributed by atoms with Gasteiger partial charge in [0.05, 0.1) is 13.5 Å². The van der Waals surface area contributed by atoms with E-state index in [0.29, 0.717) is 6.42 Å². The number of ether oxygens (including phenoxy) is 1. The van der Waals surface area contributed by atoms with Crippen molar-refractivity contribution in [3.8, 4) is 0 Å². The monoisotopic (exact) mass is 294 g/mol. The number of methoxy groups -OCH3 is 1. The molecule has 0 radical (unpaired) electrons. The molecule has 0 spiro atoms. The zero-order valence-corrected chi connectivity index (χ0v) is 13.4. The van der Waals surface area contributed by atoms with E-state index in [4.69, 9.17) is 0 Å². The fourth-order valence-corrected chi connectivity index (χ4v) is 1.96. The molecule has 0 saturated carbocycles. The molecule has 0 amide bonds. The summed E-state index contributed by atoms with van der Waals surface area (Å²) in [6, 6.07) is 9.55. The van der Waals surface area contributed by atoms with Crippen LogP contribution in [-0.2, 0) is 20.7 Å². The molecule has 0 aliphatic heterocycles. The smallest absolute Gasteiger partial charge is 0.308 e. The first-order valence-corrected chi connectivity index (χ1v) is 7.38. The van der Waals surface area contributed by atoms with Crippen molar-refractivity contribution in [2.45, 2.75) is 52.1 Å². The fraction of sp³-hybridized carbons (Fsp3) is 0.529.